The normalized spacial score (nSPS) is 22.8. The smallest absolute Gasteiger partial charge is 0.139 e. The summed E-state index contributed by atoms with van der Waals surface area (Å²) in [5.41, 5.74) is 0. The van der Waals surface area contributed by atoms with Gasteiger partial charge < -0.3 is 0 Å². The summed E-state index contributed by atoms with van der Waals surface area (Å²) in [6.07, 6.45) is 0. The Hall–Kier alpha value is -0.320. The van der Waals surface area contributed by atoms with Crippen molar-refractivity contribution in [2.24, 2.45) is 0 Å². The van der Waals surface area contributed by atoms with Gasteiger partial charge in [-0.15, -0.1) is 0 Å². The second-order valence-corrected chi connectivity index (χ2v) is 2.90. The monoisotopic (exact) mass is 224 g/mol. The quantitative estimate of drug-likeness (QED) is 0.522. The SMILES string of the molecule is CCN1COOCN(COO)COOC1. The lowest BCUT2D eigenvalue weighted by atomic mass is 10.7. The van der Waals surface area contributed by atoms with E-state index >= 15 is 0 Å². The van der Waals surface area contributed by atoms with Crippen LogP contribution in [-0.2, 0) is 24.4 Å². The molecule has 0 spiro atoms. The van der Waals surface area contributed by atoms with Crippen molar-refractivity contribution < 1.29 is 29.7 Å². The van der Waals surface area contributed by atoms with Gasteiger partial charge in [0, 0.05) is 0 Å². The van der Waals surface area contributed by atoms with Gasteiger partial charge in [0.1, 0.15) is 33.7 Å². The van der Waals surface area contributed by atoms with E-state index in [9.17, 15) is 0 Å². The molecule has 0 atom stereocenters. The number of rotatable bonds is 3. The molecule has 8 nitrogen and oxygen atoms in total. The number of hydrogen-bond acceptors (Lipinski definition) is 8. The van der Waals surface area contributed by atoms with Crippen molar-refractivity contribution in [3.05, 3.63) is 0 Å². The highest BCUT2D eigenvalue weighted by atomic mass is 17.2. The van der Waals surface area contributed by atoms with Crippen LogP contribution < -0.4 is 0 Å². The molecule has 15 heavy (non-hydrogen) atoms. The van der Waals surface area contributed by atoms with Crippen LogP contribution in [0.25, 0.3) is 0 Å². The van der Waals surface area contributed by atoms with Crippen LogP contribution in [0.15, 0.2) is 0 Å². The summed E-state index contributed by atoms with van der Waals surface area (Å²) in [7, 11) is 0. The van der Waals surface area contributed by atoms with E-state index in [1.165, 1.54) is 4.90 Å². The van der Waals surface area contributed by atoms with E-state index in [1.54, 1.807) is 0 Å². The molecule has 1 N–H and O–H groups in total. The van der Waals surface area contributed by atoms with Crippen LogP contribution >= 0.6 is 0 Å². The van der Waals surface area contributed by atoms with Crippen molar-refractivity contribution in [1.82, 2.24) is 9.80 Å². The molecule has 0 aromatic carbocycles. The zero-order valence-electron chi connectivity index (χ0n) is 8.63. The Morgan fingerprint density at radius 2 is 1.47 bits per heavy atom. The highest BCUT2D eigenvalue weighted by molar-refractivity contribution is 4.39. The average Bonchev–Trinajstić information content (AvgIpc) is 2.27. The molecule has 0 bridgehead atoms. The van der Waals surface area contributed by atoms with Gasteiger partial charge in [-0.1, -0.05) is 6.92 Å². The third-order valence-corrected chi connectivity index (χ3v) is 1.80. The molecule has 1 rings (SSSR count). The van der Waals surface area contributed by atoms with E-state index in [2.05, 4.69) is 4.89 Å². The molecule has 0 aliphatic carbocycles. The Kier molecular flexibility index (Phi) is 6.72. The predicted octanol–water partition coefficient (Wildman–Crippen LogP) is -0.203. The molecule has 0 saturated carbocycles. The fourth-order valence-electron chi connectivity index (χ4n) is 0.861. The van der Waals surface area contributed by atoms with Crippen LogP contribution in [0.4, 0.5) is 0 Å². The molecule has 1 aliphatic rings. The standard InChI is InChI=1S/C7H16N2O6/c1-2-8-4-12-14-6-9(3-11-10)7-15-13-5-8/h10H,2-7H2,1H3. The molecule has 0 aromatic heterocycles. The molecule has 0 amide bonds. The van der Waals surface area contributed by atoms with Gasteiger partial charge in [0.05, 0.1) is 0 Å². The van der Waals surface area contributed by atoms with E-state index < -0.39 is 0 Å². The second kappa shape index (κ2) is 7.91. The largest absolute Gasteiger partial charge is 0.253 e. The van der Waals surface area contributed by atoms with E-state index in [0.717, 1.165) is 6.54 Å². The van der Waals surface area contributed by atoms with Crippen LogP contribution in [0.1, 0.15) is 6.92 Å². The Morgan fingerprint density at radius 1 is 1.00 bits per heavy atom. The minimum Gasteiger partial charge on any atom is -0.253 e. The van der Waals surface area contributed by atoms with E-state index in [-0.39, 0.29) is 33.7 Å². The molecule has 1 heterocycles. The first-order valence-electron chi connectivity index (χ1n) is 4.56. The van der Waals surface area contributed by atoms with Crippen LogP contribution in [0.5, 0.6) is 0 Å². The maximum absolute atomic E-state index is 8.24. The third kappa shape index (κ3) is 5.35. The first-order chi connectivity index (χ1) is 7.36. The minimum absolute atomic E-state index is 0.0514. The van der Waals surface area contributed by atoms with Crippen molar-refractivity contribution in [3.8, 4) is 0 Å². The van der Waals surface area contributed by atoms with Gasteiger partial charge >= 0.3 is 0 Å². The highest BCUT2D eigenvalue weighted by Gasteiger charge is 2.11. The van der Waals surface area contributed by atoms with Gasteiger partial charge in [0.25, 0.3) is 0 Å². The van der Waals surface area contributed by atoms with Crippen molar-refractivity contribution in [1.29, 1.82) is 0 Å². The third-order valence-electron chi connectivity index (χ3n) is 1.80. The molecule has 0 aromatic rings. The van der Waals surface area contributed by atoms with Crippen molar-refractivity contribution in [2.75, 3.05) is 40.2 Å². The van der Waals surface area contributed by atoms with Crippen LogP contribution in [0.2, 0.25) is 0 Å². The first-order valence-corrected chi connectivity index (χ1v) is 4.56. The zero-order chi connectivity index (χ0) is 10.9. The molecule has 1 fully saturated rings. The molecular weight excluding hydrogens is 208 g/mol. The summed E-state index contributed by atoms with van der Waals surface area (Å²) in [6, 6.07) is 0. The Balaban J connectivity index is 2.26. The zero-order valence-corrected chi connectivity index (χ0v) is 8.63. The topological polar surface area (TPSA) is 72.9 Å². The lowest BCUT2D eigenvalue weighted by molar-refractivity contribution is -0.408. The molecule has 0 unspecified atom stereocenters. The summed E-state index contributed by atoms with van der Waals surface area (Å²) < 4.78 is 0. The van der Waals surface area contributed by atoms with Gasteiger partial charge in [-0.25, -0.2) is 29.3 Å². The van der Waals surface area contributed by atoms with Gasteiger partial charge in [-0.2, -0.15) is 0 Å². The average molecular weight is 224 g/mol. The van der Waals surface area contributed by atoms with Crippen molar-refractivity contribution >= 4 is 0 Å². The van der Waals surface area contributed by atoms with Crippen LogP contribution in [-0.4, -0.2) is 55.3 Å². The van der Waals surface area contributed by atoms with Gasteiger partial charge in [0.2, 0.25) is 0 Å². The lowest BCUT2D eigenvalue weighted by Crippen LogP contribution is -2.36. The Morgan fingerprint density at radius 3 is 1.87 bits per heavy atom. The van der Waals surface area contributed by atoms with Crippen molar-refractivity contribution in [2.45, 2.75) is 6.92 Å². The van der Waals surface area contributed by atoms with Crippen LogP contribution in [0.3, 0.4) is 0 Å². The van der Waals surface area contributed by atoms with Crippen molar-refractivity contribution in [3.63, 3.8) is 0 Å². The maximum Gasteiger partial charge on any atom is 0.139 e. The van der Waals surface area contributed by atoms with Crippen LogP contribution in [0, 0.1) is 0 Å². The Labute approximate surface area is 87.6 Å². The van der Waals surface area contributed by atoms with E-state index in [0.29, 0.717) is 0 Å². The molecule has 90 valence electrons. The summed E-state index contributed by atoms with van der Waals surface area (Å²) in [6.45, 7) is 3.47. The molecule has 1 saturated heterocycles. The minimum atomic E-state index is -0.0514. The summed E-state index contributed by atoms with van der Waals surface area (Å²) in [5, 5.41) is 8.24. The highest BCUT2D eigenvalue weighted by Crippen LogP contribution is 1.98. The molecule has 0 radical (unpaired) electrons. The fourth-order valence-corrected chi connectivity index (χ4v) is 0.861. The maximum atomic E-state index is 8.24. The van der Waals surface area contributed by atoms with Gasteiger partial charge in [-0.3, -0.25) is 10.2 Å². The predicted molar refractivity (Wildman–Crippen MR) is 46.6 cm³/mol. The Bertz CT molecular complexity index is 148. The van der Waals surface area contributed by atoms with E-state index in [4.69, 9.17) is 24.8 Å². The molecule has 8 heteroatoms. The fraction of sp³-hybridized carbons (Fsp3) is 1.00. The van der Waals surface area contributed by atoms with E-state index in [1.807, 2.05) is 11.8 Å². The van der Waals surface area contributed by atoms with Gasteiger partial charge in [-0.05, 0) is 6.54 Å². The number of hydrogen-bond donors (Lipinski definition) is 1. The number of nitrogens with zero attached hydrogens (tertiary/aromatic N) is 2. The molecule has 1 aliphatic heterocycles. The first kappa shape index (κ1) is 12.7. The second-order valence-electron chi connectivity index (χ2n) is 2.90. The summed E-state index contributed by atoms with van der Waals surface area (Å²) in [5.74, 6) is 0. The summed E-state index contributed by atoms with van der Waals surface area (Å²) >= 11 is 0. The summed E-state index contributed by atoms with van der Waals surface area (Å²) in [4.78, 5) is 26.8. The van der Waals surface area contributed by atoms with Gasteiger partial charge in [0.15, 0.2) is 0 Å². The molecular formula is C7H16N2O6. The lowest BCUT2D eigenvalue weighted by Gasteiger charge is -2.24.